The lowest BCUT2D eigenvalue weighted by Crippen LogP contribution is -2.09. The van der Waals surface area contributed by atoms with Crippen LogP contribution in [0.1, 0.15) is 27.7 Å². The Morgan fingerprint density at radius 1 is 0.542 bits per heavy atom. The molecule has 0 saturated carbocycles. The van der Waals surface area contributed by atoms with Crippen LogP contribution in [0.3, 0.4) is 0 Å². The maximum atomic E-state index is 14.1. The average Bonchev–Trinajstić information content (AvgIpc) is 3.05. The zero-order valence-corrected chi connectivity index (χ0v) is 27.9. The van der Waals surface area contributed by atoms with Crippen molar-refractivity contribution in [3.05, 3.63) is 121 Å². The molecule has 6 aromatic rings. The van der Waals surface area contributed by atoms with E-state index < -0.39 is 44.9 Å². The molecule has 0 aliphatic rings. The van der Waals surface area contributed by atoms with Crippen LogP contribution < -0.4 is 9.47 Å². The van der Waals surface area contributed by atoms with E-state index in [0.29, 0.717) is 22.3 Å². The van der Waals surface area contributed by atoms with Crippen LogP contribution >= 0.6 is 0 Å². The Hall–Kier alpha value is -4.68. The molecule has 0 spiro atoms. The number of ether oxygens (including phenoxy) is 2. The summed E-state index contributed by atoms with van der Waals surface area (Å²) < 4.78 is 91.7. The van der Waals surface area contributed by atoms with Crippen LogP contribution in [-0.2, 0) is 21.6 Å². The molecule has 0 radical (unpaired) electrons. The summed E-state index contributed by atoms with van der Waals surface area (Å²) in [7, 11) is -3.09. The predicted octanol–water partition coefficient (Wildman–Crippen LogP) is 9.64. The first-order chi connectivity index (χ1) is 22.9. The number of para-hydroxylation sites is 2. The SMILES string of the molecule is CC(C)S(=O)c1c(F)cccc1Oc1cnc2c(F)cccc2c1.CC(C)S(=O)c1c(F)cccc1Oc1cnc2c(F)cccc2c1. The molecule has 0 N–H and O–H groups in total. The highest BCUT2D eigenvalue weighted by molar-refractivity contribution is 7.86. The monoisotopic (exact) mass is 694 g/mol. The standard InChI is InChI=1S/2C18H15F2NO2S/c2*1-11(2)24(22)18-15(20)7-4-8-16(18)23-13-9-12-5-3-6-14(19)17(12)21-10-13/h2*3-11H,1-2H3. The zero-order valence-electron chi connectivity index (χ0n) is 26.2. The fourth-order valence-electron chi connectivity index (χ4n) is 4.57. The van der Waals surface area contributed by atoms with E-state index in [2.05, 4.69) is 9.97 Å². The van der Waals surface area contributed by atoms with Gasteiger partial charge in [0.05, 0.1) is 34.0 Å². The number of pyridine rings is 2. The predicted molar refractivity (Wildman–Crippen MR) is 179 cm³/mol. The summed E-state index contributed by atoms with van der Waals surface area (Å²) in [5, 5.41) is 0.618. The zero-order chi connectivity index (χ0) is 34.5. The van der Waals surface area contributed by atoms with E-state index in [0.717, 1.165) is 0 Å². The number of benzene rings is 4. The molecule has 12 heteroatoms. The van der Waals surface area contributed by atoms with Crippen LogP contribution in [0.4, 0.5) is 17.6 Å². The minimum Gasteiger partial charge on any atom is -0.454 e. The van der Waals surface area contributed by atoms with E-state index in [9.17, 15) is 26.0 Å². The van der Waals surface area contributed by atoms with Crippen molar-refractivity contribution in [2.75, 3.05) is 0 Å². The quantitative estimate of drug-likeness (QED) is 0.148. The third-order valence-electron chi connectivity index (χ3n) is 6.85. The molecule has 6 nitrogen and oxygen atoms in total. The van der Waals surface area contributed by atoms with Gasteiger partial charge in [0, 0.05) is 21.3 Å². The minimum absolute atomic E-state index is 0.0202. The molecule has 2 aromatic heterocycles. The molecule has 48 heavy (non-hydrogen) atoms. The second-order valence-corrected chi connectivity index (χ2v) is 14.9. The molecular formula is C36H30F4N2O4S2. The highest BCUT2D eigenvalue weighted by atomic mass is 32.2. The van der Waals surface area contributed by atoms with Gasteiger partial charge in [0.25, 0.3) is 0 Å². The first-order valence-corrected chi connectivity index (χ1v) is 17.2. The molecule has 0 bridgehead atoms. The third kappa shape index (κ3) is 7.71. The lowest BCUT2D eigenvalue weighted by atomic mass is 10.2. The van der Waals surface area contributed by atoms with Gasteiger partial charge in [0.1, 0.15) is 67.1 Å². The summed E-state index contributed by atoms with van der Waals surface area (Å²) in [6.45, 7) is 6.97. The lowest BCUT2D eigenvalue weighted by molar-refractivity contribution is 0.455. The molecule has 0 aliphatic heterocycles. The second kappa shape index (κ2) is 15.0. The topological polar surface area (TPSA) is 78.4 Å². The van der Waals surface area contributed by atoms with Gasteiger partial charge in [-0.15, -0.1) is 0 Å². The molecule has 2 heterocycles. The summed E-state index contributed by atoms with van der Waals surface area (Å²) in [4.78, 5) is 8.12. The number of rotatable bonds is 8. The summed E-state index contributed by atoms with van der Waals surface area (Å²) in [5.41, 5.74) is 0.463. The fraction of sp³-hybridized carbons (Fsp3) is 0.167. The number of halogens is 4. The Morgan fingerprint density at radius 3 is 1.27 bits per heavy atom. The first-order valence-electron chi connectivity index (χ1n) is 14.8. The van der Waals surface area contributed by atoms with Crippen molar-refractivity contribution >= 4 is 43.4 Å². The molecule has 0 fully saturated rings. The largest absolute Gasteiger partial charge is 0.454 e. The molecule has 2 atom stereocenters. The maximum Gasteiger partial charge on any atom is 0.149 e. The number of nitrogens with zero attached hydrogens (tertiary/aromatic N) is 2. The van der Waals surface area contributed by atoms with Crippen molar-refractivity contribution in [1.29, 1.82) is 0 Å². The van der Waals surface area contributed by atoms with Crippen molar-refractivity contribution in [3.8, 4) is 23.0 Å². The Bertz CT molecular complexity index is 2010. The van der Waals surface area contributed by atoms with Crippen LogP contribution in [-0.4, -0.2) is 28.9 Å². The van der Waals surface area contributed by atoms with E-state index in [1.165, 1.54) is 48.8 Å². The minimum atomic E-state index is -1.54. The fourth-order valence-corrected chi connectivity index (χ4v) is 6.65. The smallest absolute Gasteiger partial charge is 0.149 e. The summed E-state index contributed by atoms with van der Waals surface area (Å²) in [5.74, 6) is -1.04. The first kappa shape index (κ1) is 34.6. The molecule has 0 saturated heterocycles. The van der Waals surface area contributed by atoms with E-state index in [-0.39, 0.29) is 42.8 Å². The summed E-state index contributed by atoms with van der Waals surface area (Å²) >= 11 is 0. The van der Waals surface area contributed by atoms with Gasteiger partial charge >= 0.3 is 0 Å². The van der Waals surface area contributed by atoms with Gasteiger partial charge < -0.3 is 9.47 Å². The third-order valence-corrected chi connectivity index (χ3v) is 10.2. The summed E-state index contributed by atoms with van der Waals surface area (Å²) in [6.07, 6.45) is 2.72. The van der Waals surface area contributed by atoms with Gasteiger partial charge in [-0.3, -0.25) is 8.42 Å². The summed E-state index contributed by atoms with van der Waals surface area (Å²) in [6, 6.07) is 21.0. The van der Waals surface area contributed by atoms with Crippen LogP contribution in [0.5, 0.6) is 23.0 Å². The molecule has 0 aliphatic carbocycles. The van der Waals surface area contributed by atoms with E-state index >= 15 is 0 Å². The van der Waals surface area contributed by atoms with E-state index in [1.807, 2.05) is 0 Å². The highest BCUT2D eigenvalue weighted by Gasteiger charge is 2.21. The van der Waals surface area contributed by atoms with Crippen LogP contribution in [0.2, 0.25) is 0 Å². The number of aromatic nitrogens is 2. The van der Waals surface area contributed by atoms with Gasteiger partial charge in [-0.1, -0.05) is 64.1 Å². The Kier molecular flexibility index (Phi) is 10.9. The molecule has 6 rings (SSSR count). The average molecular weight is 695 g/mol. The molecule has 248 valence electrons. The van der Waals surface area contributed by atoms with Gasteiger partial charge in [0.15, 0.2) is 0 Å². The van der Waals surface area contributed by atoms with Crippen molar-refractivity contribution in [3.63, 3.8) is 0 Å². The van der Waals surface area contributed by atoms with Crippen LogP contribution in [0.15, 0.2) is 107 Å². The molecule has 0 amide bonds. The number of hydrogen-bond donors (Lipinski definition) is 0. The van der Waals surface area contributed by atoms with Crippen molar-refractivity contribution in [2.45, 2.75) is 48.0 Å². The van der Waals surface area contributed by atoms with E-state index in [4.69, 9.17) is 9.47 Å². The van der Waals surface area contributed by atoms with E-state index in [1.54, 1.807) is 76.2 Å². The van der Waals surface area contributed by atoms with Crippen molar-refractivity contribution in [1.82, 2.24) is 9.97 Å². The number of fused-ring (bicyclic) bond motifs is 2. The van der Waals surface area contributed by atoms with Gasteiger partial charge in [-0.25, -0.2) is 27.5 Å². The van der Waals surface area contributed by atoms with Crippen LogP contribution in [0, 0.1) is 23.3 Å². The second-order valence-electron chi connectivity index (χ2n) is 11.0. The Balaban J connectivity index is 0.000000188. The van der Waals surface area contributed by atoms with Crippen molar-refractivity contribution in [2.24, 2.45) is 0 Å². The molecule has 2 unspecified atom stereocenters. The van der Waals surface area contributed by atoms with Gasteiger partial charge in [0.2, 0.25) is 0 Å². The Labute approximate surface area is 279 Å². The molecule has 4 aromatic carbocycles. The lowest BCUT2D eigenvalue weighted by Gasteiger charge is -2.13. The highest BCUT2D eigenvalue weighted by Crippen LogP contribution is 2.34. The van der Waals surface area contributed by atoms with Gasteiger partial charge in [-0.2, -0.15) is 0 Å². The van der Waals surface area contributed by atoms with Crippen LogP contribution in [0.25, 0.3) is 21.8 Å². The Morgan fingerprint density at radius 2 is 0.896 bits per heavy atom. The van der Waals surface area contributed by atoms with Gasteiger partial charge in [-0.05, 0) is 48.5 Å². The maximum absolute atomic E-state index is 14.1. The molecular weight excluding hydrogens is 665 g/mol. The van der Waals surface area contributed by atoms with Crippen molar-refractivity contribution < 1.29 is 35.5 Å². The normalized spacial score (nSPS) is 12.5. The number of hydrogen-bond acceptors (Lipinski definition) is 6.